The van der Waals surface area contributed by atoms with Gasteiger partial charge >= 0.3 is 5.97 Å². The first-order valence-corrected chi connectivity index (χ1v) is 2.73. The van der Waals surface area contributed by atoms with Crippen LogP contribution in [-0.2, 0) is 14.4 Å². The molecule has 0 fully saturated rings. The predicted octanol–water partition coefficient (Wildman–Crippen LogP) is -0.746. The molecule has 0 aliphatic carbocycles. The molecule has 1 heterocycles. The Morgan fingerprint density at radius 2 is 2.70 bits per heavy atom. The van der Waals surface area contributed by atoms with E-state index in [4.69, 9.17) is 5.11 Å². The molecule has 0 aromatic carbocycles. The van der Waals surface area contributed by atoms with Crippen LogP contribution >= 0.6 is 0 Å². The number of hydrogen-bond acceptors (Lipinski definition) is 5. The highest BCUT2D eigenvalue weighted by molar-refractivity contribution is 6.36. The smallest absolute Gasteiger partial charge is 0.356 e. The summed E-state index contributed by atoms with van der Waals surface area (Å²) in [5.41, 5.74) is 0.120. The molecule has 0 aromatic rings. The van der Waals surface area contributed by atoms with Crippen LogP contribution in [0.4, 0.5) is 0 Å². The molecule has 0 bridgehead atoms. The number of carbonyl (C=O) groups is 1. The fraction of sp³-hybridized carbons (Fsp3) is 0.600. The molecule has 1 atom stereocenters. The van der Waals surface area contributed by atoms with Crippen molar-refractivity contribution in [2.24, 2.45) is 5.16 Å². The van der Waals surface area contributed by atoms with Crippen molar-refractivity contribution in [3.8, 4) is 0 Å². The standard InChI is InChI=1S/C5H7NO4/c1-9-5(8)3-2-4(7)10-6-3/h4,7H,2H2,1H3. The van der Waals surface area contributed by atoms with Gasteiger partial charge in [0.05, 0.1) is 13.5 Å². The lowest BCUT2D eigenvalue weighted by molar-refractivity contribution is -0.132. The van der Waals surface area contributed by atoms with Crippen molar-refractivity contribution in [1.82, 2.24) is 0 Å². The topological polar surface area (TPSA) is 68.1 Å². The van der Waals surface area contributed by atoms with Crippen LogP contribution in [0.2, 0.25) is 0 Å². The van der Waals surface area contributed by atoms with Crippen LogP contribution in [0.1, 0.15) is 6.42 Å². The maximum absolute atomic E-state index is 10.6. The van der Waals surface area contributed by atoms with E-state index in [0.717, 1.165) is 0 Å². The highest BCUT2D eigenvalue weighted by Gasteiger charge is 2.24. The minimum absolute atomic E-state index is 0.104. The number of ether oxygens (including phenoxy) is 1. The second kappa shape index (κ2) is 2.66. The van der Waals surface area contributed by atoms with E-state index in [1.165, 1.54) is 7.11 Å². The fourth-order valence-corrected chi connectivity index (χ4v) is 0.603. The maximum Gasteiger partial charge on any atom is 0.356 e. The van der Waals surface area contributed by atoms with Crippen molar-refractivity contribution < 1.29 is 19.5 Å². The first-order chi connectivity index (χ1) is 4.74. The summed E-state index contributed by atoms with van der Waals surface area (Å²) in [6.07, 6.45) is -0.888. The number of carbonyl (C=O) groups excluding carboxylic acids is 1. The largest absolute Gasteiger partial charge is 0.464 e. The van der Waals surface area contributed by atoms with E-state index in [9.17, 15) is 4.79 Å². The Balaban J connectivity index is 2.51. The van der Waals surface area contributed by atoms with E-state index >= 15 is 0 Å². The zero-order valence-corrected chi connectivity index (χ0v) is 5.40. The van der Waals surface area contributed by atoms with Crippen molar-refractivity contribution in [2.45, 2.75) is 12.7 Å². The van der Waals surface area contributed by atoms with E-state index in [0.29, 0.717) is 0 Å². The van der Waals surface area contributed by atoms with Crippen LogP contribution in [0, 0.1) is 0 Å². The van der Waals surface area contributed by atoms with Crippen LogP contribution in [0.3, 0.4) is 0 Å². The van der Waals surface area contributed by atoms with Crippen LogP contribution in [0.25, 0.3) is 0 Å². The Bertz CT molecular complexity index is 176. The molecule has 1 rings (SSSR count). The van der Waals surface area contributed by atoms with Crippen molar-refractivity contribution >= 4 is 11.7 Å². The molecule has 5 nitrogen and oxygen atoms in total. The molecule has 5 heteroatoms. The summed E-state index contributed by atoms with van der Waals surface area (Å²) in [5, 5.41) is 12.0. The maximum atomic E-state index is 10.6. The van der Waals surface area contributed by atoms with Crippen molar-refractivity contribution in [2.75, 3.05) is 7.11 Å². The molecule has 0 saturated heterocycles. The molecule has 0 amide bonds. The average molecular weight is 145 g/mol. The second-order valence-corrected chi connectivity index (χ2v) is 1.79. The third kappa shape index (κ3) is 1.24. The number of aliphatic hydroxyl groups is 1. The summed E-state index contributed by atoms with van der Waals surface area (Å²) >= 11 is 0. The summed E-state index contributed by atoms with van der Waals surface area (Å²) in [7, 11) is 1.25. The van der Waals surface area contributed by atoms with E-state index in [1.807, 2.05) is 0 Å². The summed E-state index contributed by atoms with van der Waals surface area (Å²) in [6, 6.07) is 0. The molecule has 1 aliphatic rings. The Kier molecular flexibility index (Phi) is 1.86. The zero-order valence-electron chi connectivity index (χ0n) is 5.40. The number of oxime groups is 1. The number of aliphatic hydroxyl groups excluding tert-OH is 1. The SMILES string of the molecule is COC(=O)C1=NOC(O)C1. The molecule has 0 aromatic heterocycles. The molecule has 1 aliphatic heterocycles. The number of rotatable bonds is 1. The van der Waals surface area contributed by atoms with Crippen molar-refractivity contribution in [3.63, 3.8) is 0 Å². The molecule has 0 saturated carbocycles. The normalized spacial score (nSPS) is 23.4. The molecular weight excluding hydrogens is 138 g/mol. The zero-order chi connectivity index (χ0) is 7.56. The molecule has 0 spiro atoms. The van der Waals surface area contributed by atoms with Gasteiger partial charge in [0.2, 0.25) is 6.29 Å². The lowest BCUT2D eigenvalue weighted by atomic mass is 10.3. The van der Waals surface area contributed by atoms with Gasteiger partial charge in [0.25, 0.3) is 0 Å². The lowest BCUT2D eigenvalue weighted by Crippen LogP contribution is -2.16. The third-order valence-corrected chi connectivity index (χ3v) is 1.07. The summed E-state index contributed by atoms with van der Waals surface area (Å²) < 4.78 is 4.32. The van der Waals surface area contributed by atoms with Crippen molar-refractivity contribution in [3.05, 3.63) is 0 Å². The Hall–Kier alpha value is -1.10. The van der Waals surface area contributed by atoms with Gasteiger partial charge in [0.15, 0.2) is 5.71 Å². The van der Waals surface area contributed by atoms with Crippen LogP contribution < -0.4 is 0 Å². The van der Waals surface area contributed by atoms with Crippen LogP contribution in [-0.4, -0.2) is 30.2 Å². The average Bonchev–Trinajstić information content (AvgIpc) is 2.34. The van der Waals surface area contributed by atoms with E-state index in [-0.39, 0.29) is 12.1 Å². The first-order valence-electron chi connectivity index (χ1n) is 2.73. The summed E-state index contributed by atoms with van der Waals surface area (Å²) in [4.78, 5) is 14.9. The predicted molar refractivity (Wildman–Crippen MR) is 31.2 cm³/mol. The van der Waals surface area contributed by atoms with Gasteiger partial charge in [-0.15, -0.1) is 0 Å². The Morgan fingerprint density at radius 3 is 3.10 bits per heavy atom. The van der Waals surface area contributed by atoms with Gasteiger partial charge < -0.3 is 14.7 Å². The Labute approximate surface area is 57.2 Å². The van der Waals surface area contributed by atoms with Gasteiger partial charge in [-0.05, 0) is 0 Å². The van der Waals surface area contributed by atoms with Gasteiger partial charge in [-0.1, -0.05) is 5.16 Å². The lowest BCUT2D eigenvalue weighted by Gasteiger charge is -1.94. The van der Waals surface area contributed by atoms with Gasteiger partial charge in [0, 0.05) is 0 Å². The van der Waals surface area contributed by atoms with E-state index < -0.39 is 12.3 Å². The molecule has 10 heavy (non-hydrogen) atoms. The number of esters is 1. The minimum atomic E-state index is -0.992. The van der Waals surface area contributed by atoms with Gasteiger partial charge in [-0.2, -0.15) is 0 Å². The monoisotopic (exact) mass is 145 g/mol. The summed E-state index contributed by atoms with van der Waals surface area (Å²) in [5.74, 6) is -0.559. The Morgan fingerprint density at radius 1 is 2.00 bits per heavy atom. The highest BCUT2D eigenvalue weighted by Crippen LogP contribution is 2.07. The van der Waals surface area contributed by atoms with Gasteiger partial charge in [-0.3, -0.25) is 0 Å². The van der Waals surface area contributed by atoms with Crippen LogP contribution in [0.15, 0.2) is 5.16 Å². The first kappa shape index (κ1) is 7.01. The van der Waals surface area contributed by atoms with Crippen molar-refractivity contribution in [1.29, 1.82) is 0 Å². The van der Waals surface area contributed by atoms with Crippen LogP contribution in [0.5, 0.6) is 0 Å². The third-order valence-electron chi connectivity index (χ3n) is 1.07. The van der Waals surface area contributed by atoms with E-state index in [2.05, 4.69) is 14.7 Å². The fourth-order valence-electron chi connectivity index (χ4n) is 0.603. The number of nitrogens with zero attached hydrogens (tertiary/aromatic N) is 1. The van der Waals surface area contributed by atoms with E-state index in [1.54, 1.807) is 0 Å². The molecule has 1 unspecified atom stereocenters. The molecular formula is C5H7NO4. The summed E-state index contributed by atoms with van der Waals surface area (Å²) in [6.45, 7) is 0. The molecule has 56 valence electrons. The minimum Gasteiger partial charge on any atom is -0.464 e. The molecule has 1 N–H and O–H groups in total. The van der Waals surface area contributed by atoms with Gasteiger partial charge in [0.1, 0.15) is 0 Å². The number of methoxy groups -OCH3 is 1. The van der Waals surface area contributed by atoms with Gasteiger partial charge in [-0.25, -0.2) is 4.79 Å². The molecule has 0 radical (unpaired) electrons. The number of hydrogen-bond donors (Lipinski definition) is 1. The second-order valence-electron chi connectivity index (χ2n) is 1.79. The quantitative estimate of drug-likeness (QED) is 0.493. The highest BCUT2D eigenvalue weighted by atomic mass is 16.7.